The molecule has 3 rings (SSSR count). The van der Waals surface area contributed by atoms with Crippen molar-refractivity contribution in [1.29, 1.82) is 0 Å². The first kappa shape index (κ1) is 21.4. The van der Waals surface area contributed by atoms with Gasteiger partial charge in [0.1, 0.15) is 0 Å². The van der Waals surface area contributed by atoms with Crippen LogP contribution in [0.1, 0.15) is 88.2 Å². The monoisotopic (exact) mass is 393 g/mol. The second kappa shape index (κ2) is 8.22. The Labute approximate surface area is 175 Å². The van der Waals surface area contributed by atoms with Crippen molar-refractivity contribution in [1.82, 2.24) is 0 Å². The Morgan fingerprint density at radius 2 is 1.48 bits per heavy atom. The number of carbonyl (C=O) groups is 1. The number of hydrogen-bond donors (Lipinski definition) is 1. The van der Waals surface area contributed by atoms with Gasteiger partial charge in [0.15, 0.2) is 0 Å². The molecule has 0 bridgehead atoms. The zero-order valence-electron chi connectivity index (χ0n) is 18.6. The van der Waals surface area contributed by atoms with Gasteiger partial charge in [-0.3, -0.25) is 0 Å². The molecule has 0 radical (unpaired) electrons. The van der Waals surface area contributed by atoms with Gasteiger partial charge in [0.05, 0.1) is 5.56 Å². The predicted molar refractivity (Wildman–Crippen MR) is 122 cm³/mol. The summed E-state index contributed by atoms with van der Waals surface area (Å²) in [4.78, 5) is 13.6. The topological polar surface area (TPSA) is 40.5 Å². The van der Waals surface area contributed by atoms with Crippen molar-refractivity contribution in [2.45, 2.75) is 77.6 Å². The molecule has 3 heteroatoms. The Kier molecular flexibility index (Phi) is 6.07. The molecular weight excluding hydrogens is 358 g/mol. The van der Waals surface area contributed by atoms with Crippen molar-refractivity contribution >= 4 is 17.3 Å². The number of hydrogen-bond acceptors (Lipinski definition) is 2. The third-order valence-corrected chi connectivity index (χ3v) is 6.56. The van der Waals surface area contributed by atoms with Crippen LogP contribution >= 0.6 is 0 Å². The van der Waals surface area contributed by atoms with Crippen LogP contribution in [0.2, 0.25) is 0 Å². The van der Waals surface area contributed by atoms with E-state index in [1.54, 1.807) is 12.1 Å². The Morgan fingerprint density at radius 3 is 2.07 bits per heavy atom. The van der Waals surface area contributed by atoms with E-state index in [0.717, 1.165) is 18.7 Å². The van der Waals surface area contributed by atoms with Gasteiger partial charge in [-0.25, -0.2) is 4.79 Å². The molecule has 1 N–H and O–H groups in total. The standard InChI is InChI=1S/C26H35NO2/c1-6-7-8-17-27(20-11-9-19(10-12-20)24(28)29)21-13-14-22-23(18-21)26(4,5)16-15-25(22,2)3/h9-14,18H,6-8,15-17H2,1-5H3,(H,28,29). The lowest BCUT2D eigenvalue weighted by molar-refractivity contribution is 0.0697. The summed E-state index contributed by atoms with van der Waals surface area (Å²) < 4.78 is 0. The molecule has 0 heterocycles. The fraction of sp³-hybridized carbons (Fsp3) is 0.500. The zero-order valence-corrected chi connectivity index (χ0v) is 18.6. The highest BCUT2D eigenvalue weighted by Gasteiger charge is 2.37. The van der Waals surface area contributed by atoms with Gasteiger partial charge in [0.2, 0.25) is 0 Å². The van der Waals surface area contributed by atoms with Crippen LogP contribution in [0.3, 0.4) is 0 Å². The fourth-order valence-corrected chi connectivity index (χ4v) is 4.46. The summed E-state index contributed by atoms with van der Waals surface area (Å²) in [6.45, 7) is 12.6. The van der Waals surface area contributed by atoms with Gasteiger partial charge in [-0.2, -0.15) is 0 Å². The summed E-state index contributed by atoms with van der Waals surface area (Å²) in [6.07, 6.45) is 5.89. The van der Waals surface area contributed by atoms with E-state index in [4.69, 9.17) is 0 Å². The highest BCUT2D eigenvalue weighted by atomic mass is 16.4. The fourth-order valence-electron chi connectivity index (χ4n) is 4.46. The molecule has 0 atom stereocenters. The number of carboxylic acid groups (broad SMARTS) is 1. The highest BCUT2D eigenvalue weighted by molar-refractivity contribution is 5.88. The second-order valence-electron chi connectivity index (χ2n) is 9.71. The van der Waals surface area contributed by atoms with E-state index in [1.807, 2.05) is 12.1 Å². The van der Waals surface area contributed by atoms with Gasteiger partial charge in [-0.1, -0.05) is 53.5 Å². The molecule has 3 nitrogen and oxygen atoms in total. The number of unbranched alkanes of at least 4 members (excludes halogenated alkanes) is 2. The normalized spacial score (nSPS) is 16.9. The molecule has 156 valence electrons. The van der Waals surface area contributed by atoms with Crippen LogP contribution in [0.5, 0.6) is 0 Å². The average Bonchev–Trinajstić information content (AvgIpc) is 2.69. The first-order valence-electron chi connectivity index (χ1n) is 10.9. The van der Waals surface area contributed by atoms with E-state index in [9.17, 15) is 9.90 Å². The summed E-state index contributed by atoms with van der Waals surface area (Å²) in [6, 6.07) is 14.2. The molecule has 2 aromatic rings. The predicted octanol–water partition coefficient (Wildman–Crippen LogP) is 7.06. The minimum atomic E-state index is -0.883. The third kappa shape index (κ3) is 4.49. The third-order valence-electron chi connectivity index (χ3n) is 6.56. The van der Waals surface area contributed by atoms with Crippen LogP contribution in [0.15, 0.2) is 42.5 Å². The van der Waals surface area contributed by atoms with Gasteiger partial charge in [0, 0.05) is 17.9 Å². The summed E-state index contributed by atoms with van der Waals surface area (Å²) in [5.41, 5.74) is 5.88. The van der Waals surface area contributed by atoms with E-state index < -0.39 is 5.97 Å². The lowest BCUT2D eigenvalue weighted by atomic mass is 9.63. The molecule has 0 aliphatic heterocycles. The van der Waals surface area contributed by atoms with Crippen LogP contribution in [0, 0.1) is 0 Å². The smallest absolute Gasteiger partial charge is 0.335 e. The van der Waals surface area contributed by atoms with Crippen molar-refractivity contribution in [2.75, 3.05) is 11.4 Å². The van der Waals surface area contributed by atoms with Crippen molar-refractivity contribution in [2.24, 2.45) is 0 Å². The van der Waals surface area contributed by atoms with Gasteiger partial charge in [0.25, 0.3) is 0 Å². The van der Waals surface area contributed by atoms with Crippen LogP contribution < -0.4 is 4.90 Å². The maximum absolute atomic E-state index is 11.2. The molecule has 1 aliphatic carbocycles. The largest absolute Gasteiger partial charge is 0.478 e. The Balaban J connectivity index is 2.03. The molecule has 29 heavy (non-hydrogen) atoms. The SMILES string of the molecule is CCCCCN(c1ccc(C(=O)O)cc1)c1ccc2c(c1)C(C)(C)CCC2(C)C. The molecule has 0 fully saturated rings. The Morgan fingerprint density at radius 1 is 0.897 bits per heavy atom. The Bertz CT molecular complexity index is 865. The number of rotatable bonds is 7. The van der Waals surface area contributed by atoms with Gasteiger partial charge < -0.3 is 10.0 Å². The molecule has 0 saturated carbocycles. The average molecular weight is 394 g/mol. The molecule has 2 aromatic carbocycles. The zero-order chi connectivity index (χ0) is 21.2. The molecule has 0 saturated heterocycles. The lowest BCUT2D eigenvalue weighted by Crippen LogP contribution is -2.34. The molecular formula is C26H35NO2. The van der Waals surface area contributed by atoms with E-state index in [2.05, 4.69) is 57.7 Å². The molecule has 0 amide bonds. The first-order chi connectivity index (χ1) is 13.7. The van der Waals surface area contributed by atoms with Crippen molar-refractivity contribution in [3.8, 4) is 0 Å². The first-order valence-corrected chi connectivity index (χ1v) is 10.9. The summed E-state index contributed by atoms with van der Waals surface area (Å²) in [5.74, 6) is -0.883. The van der Waals surface area contributed by atoms with Crippen LogP contribution in [-0.2, 0) is 10.8 Å². The van der Waals surface area contributed by atoms with Crippen molar-refractivity contribution in [3.05, 3.63) is 59.2 Å². The lowest BCUT2D eigenvalue weighted by Gasteiger charge is -2.42. The number of nitrogens with zero attached hydrogens (tertiary/aromatic N) is 1. The van der Waals surface area contributed by atoms with Crippen molar-refractivity contribution in [3.63, 3.8) is 0 Å². The number of carboxylic acids is 1. The van der Waals surface area contributed by atoms with Crippen LogP contribution in [0.4, 0.5) is 11.4 Å². The summed E-state index contributed by atoms with van der Waals surface area (Å²) >= 11 is 0. The van der Waals surface area contributed by atoms with E-state index in [1.165, 1.54) is 42.5 Å². The molecule has 0 aromatic heterocycles. The minimum Gasteiger partial charge on any atom is -0.478 e. The number of fused-ring (bicyclic) bond motifs is 1. The summed E-state index contributed by atoms with van der Waals surface area (Å²) in [5, 5.41) is 9.23. The van der Waals surface area contributed by atoms with Gasteiger partial charge in [-0.15, -0.1) is 0 Å². The number of benzene rings is 2. The molecule has 1 aliphatic rings. The minimum absolute atomic E-state index is 0.170. The van der Waals surface area contributed by atoms with E-state index >= 15 is 0 Å². The van der Waals surface area contributed by atoms with Crippen LogP contribution in [0.25, 0.3) is 0 Å². The van der Waals surface area contributed by atoms with E-state index in [0.29, 0.717) is 5.56 Å². The maximum Gasteiger partial charge on any atom is 0.335 e. The maximum atomic E-state index is 11.2. The molecule has 0 spiro atoms. The Hall–Kier alpha value is -2.29. The highest BCUT2D eigenvalue weighted by Crippen LogP contribution is 2.47. The molecule has 0 unspecified atom stereocenters. The number of anilines is 2. The quantitative estimate of drug-likeness (QED) is 0.512. The van der Waals surface area contributed by atoms with Gasteiger partial charge in [-0.05, 0) is 77.6 Å². The second-order valence-corrected chi connectivity index (χ2v) is 9.71. The van der Waals surface area contributed by atoms with E-state index in [-0.39, 0.29) is 10.8 Å². The number of aromatic carboxylic acids is 1. The van der Waals surface area contributed by atoms with Crippen molar-refractivity contribution < 1.29 is 9.90 Å². The van der Waals surface area contributed by atoms with Gasteiger partial charge >= 0.3 is 5.97 Å². The summed E-state index contributed by atoms with van der Waals surface area (Å²) in [7, 11) is 0. The van der Waals surface area contributed by atoms with Crippen LogP contribution in [-0.4, -0.2) is 17.6 Å².